The van der Waals surface area contributed by atoms with Gasteiger partial charge in [-0.1, -0.05) is 36.8 Å². The molecule has 5 nitrogen and oxygen atoms in total. The molecule has 1 aliphatic carbocycles. The molecule has 9 heteroatoms. The van der Waals surface area contributed by atoms with E-state index in [0.717, 1.165) is 24.8 Å². The SMILES string of the molecule is O=C(CCCC1(C(=O)O)CCC1)c1cc(F)c2ccccc2c1OCc1ccc(C(F)(F)F)nc1. The van der Waals surface area contributed by atoms with Crippen molar-refractivity contribution in [3.05, 3.63) is 71.3 Å². The van der Waals surface area contributed by atoms with E-state index >= 15 is 0 Å². The zero-order valence-electron chi connectivity index (χ0n) is 18.7. The summed E-state index contributed by atoms with van der Waals surface area (Å²) < 4.78 is 59.0. The van der Waals surface area contributed by atoms with Gasteiger partial charge in [-0.05, 0) is 37.8 Å². The van der Waals surface area contributed by atoms with Crippen molar-refractivity contribution in [3.8, 4) is 5.75 Å². The van der Waals surface area contributed by atoms with E-state index in [4.69, 9.17) is 4.74 Å². The predicted molar refractivity (Wildman–Crippen MR) is 120 cm³/mol. The van der Waals surface area contributed by atoms with Gasteiger partial charge in [-0.15, -0.1) is 0 Å². The highest BCUT2D eigenvalue weighted by Crippen LogP contribution is 2.45. The molecule has 35 heavy (non-hydrogen) atoms. The van der Waals surface area contributed by atoms with Crippen molar-refractivity contribution in [3.63, 3.8) is 0 Å². The zero-order chi connectivity index (χ0) is 25.2. The summed E-state index contributed by atoms with van der Waals surface area (Å²) >= 11 is 0. The smallest absolute Gasteiger partial charge is 0.433 e. The van der Waals surface area contributed by atoms with Gasteiger partial charge in [-0.3, -0.25) is 14.6 Å². The first-order valence-corrected chi connectivity index (χ1v) is 11.2. The van der Waals surface area contributed by atoms with Crippen molar-refractivity contribution in [1.29, 1.82) is 0 Å². The van der Waals surface area contributed by atoms with E-state index in [1.54, 1.807) is 24.3 Å². The Bertz CT molecular complexity index is 1250. The third kappa shape index (κ3) is 5.13. The Morgan fingerprint density at radius 1 is 1.09 bits per heavy atom. The quantitative estimate of drug-likeness (QED) is 0.271. The lowest BCUT2D eigenvalue weighted by Gasteiger charge is -2.37. The van der Waals surface area contributed by atoms with Crippen LogP contribution in [0, 0.1) is 11.2 Å². The van der Waals surface area contributed by atoms with Gasteiger partial charge < -0.3 is 9.84 Å². The van der Waals surface area contributed by atoms with Gasteiger partial charge in [0.1, 0.15) is 23.9 Å². The molecule has 0 aliphatic heterocycles. The van der Waals surface area contributed by atoms with E-state index in [9.17, 15) is 32.3 Å². The number of Topliss-reactive ketones (excluding diaryl/α,β-unsaturated/α-hetero) is 1. The second kappa shape index (κ2) is 9.64. The molecule has 0 radical (unpaired) electrons. The summed E-state index contributed by atoms with van der Waals surface area (Å²) in [6, 6.07) is 9.61. The van der Waals surface area contributed by atoms with E-state index in [1.807, 2.05) is 0 Å². The number of hydrogen-bond donors (Lipinski definition) is 1. The molecule has 1 saturated carbocycles. The number of halogens is 4. The number of aromatic nitrogens is 1. The van der Waals surface area contributed by atoms with Crippen LogP contribution in [0.3, 0.4) is 0 Å². The van der Waals surface area contributed by atoms with Crippen LogP contribution in [0.15, 0.2) is 48.7 Å². The molecule has 1 N–H and O–H groups in total. The topological polar surface area (TPSA) is 76.5 Å². The van der Waals surface area contributed by atoms with Gasteiger partial charge in [0.15, 0.2) is 5.78 Å². The fraction of sp³-hybridized carbons (Fsp3) is 0.346. The molecule has 0 amide bonds. The molecule has 0 atom stereocenters. The summed E-state index contributed by atoms with van der Waals surface area (Å²) in [5.41, 5.74) is -1.46. The number of alkyl halides is 3. The number of hydrogen-bond acceptors (Lipinski definition) is 4. The minimum Gasteiger partial charge on any atom is -0.487 e. The Morgan fingerprint density at radius 3 is 2.37 bits per heavy atom. The number of carboxylic acid groups (broad SMARTS) is 1. The Kier molecular flexibility index (Phi) is 6.78. The van der Waals surface area contributed by atoms with Gasteiger partial charge in [0.25, 0.3) is 0 Å². The summed E-state index contributed by atoms with van der Waals surface area (Å²) in [4.78, 5) is 28.0. The van der Waals surface area contributed by atoms with Gasteiger partial charge in [0.05, 0.1) is 11.0 Å². The summed E-state index contributed by atoms with van der Waals surface area (Å²) in [6.07, 6.45) is -0.810. The maximum absolute atomic E-state index is 14.8. The van der Waals surface area contributed by atoms with Gasteiger partial charge in [0.2, 0.25) is 0 Å². The van der Waals surface area contributed by atoms with Gasteiger partial charge in [0, 0.05) is 29.0 Å². The number of ketones is 1. The molecule has 1 aromatic heterocycles. The minimum atomic E-state index is -4.56. The summed E-state index contributed by atoms with van der Waals surface area (Å²) in [7, 11) is 0. The van der Waals surface area contributed by atoms with Gasteiger partial charge in [-0.25, -0.2) is 4.39 Å². The van der Waals surface area contributed by atoms with Gasteiger partial charge >= 0.3 is 12.1 Å². The maximum Gasteiger partial charge on any atom is 0.433 e. The fourth-order valence-electron chi connectivity index (χ4n) is 4.40. The van der Waals surface area contributed by atoms with Crippen molar-refractivity contribution in [2.24, 2.45) is 5.41 Å². The molecular formula is C26H23F4NO4. The molecule has 1 fully saturated rings. The lowest BCUT2D eigenvalue weighted by molar-refractivity contribution is -0.155. The van der Waals surface area contributed by atoms with E-state index in [2.05, 4.69) is 4.98 Å². The molecule has 2 aromatic carbocycles. The lowest BCUT2D eigenvalue weighted by atomic mass is 9.66. The van der Waals surface area contributed by atoms with Crippen LogP contribution >= 0.6 is 0 Å². The number of ether oxygens (including phenoxy) is 1. The average molecular weight is 489 g/mol. The second-order valence-electron chi connectivity index (χ2n) is 8.83. The van der Waals surface area contributed by atoms with Crippen LogP contribution < -0.4 is 4.74 Å². The highest BCUT2D eigenvalue weighted by molar-refractivity contribution is 6.05. The second-order valence-corrected chi connectivity index (χ2v) is 8.83. The molecule has 0 saturated heterocycles. The first-order valence-electron chi connectivity index (χ1n) is 11.2. The lowest BCUT2D eigenvalue weighted by Crippen LogP contribution is -2.37. The Hall–Kier alpha value is -3.49. The number of carbonyl (C=O) groups is 2. The van der Waals surface area contributed by atoms with Crippen molar-refractivity contribution >= 4 is 22.5 Å². The standard InChI is InChI=1S/C26H23F4NO4/c27-20-13-19(21(32)7-3-10-25(24(33)34)11-4-12-25)23(18-6-2-1-5-17(18)20)35-15-16-8-9-22(31-14-16)26(28,29)30/h1-2,5-6,8-9,13-14H,3-4,7,10-12,15H2,(H,33,34). The third-order valence-electron chi connectivity index (χ3n) is 6.57. The number of carbonyl (C=O) groups excluding carboxylic acids is 1. The van der Waals surface area contributed by atoms with Crippen LogP contribution in [0.4, 0.5) is 17.6 Å². The summed E-state index contributed by atoms with van der Waals surface area (Å²) in [5, 5.41) is 10.1. The number of benzene rings is 2. The van der Waals surface area contributed by atoms with Crippen molar-refractivity contribution in [1.82, 2.24) is 4.98 Å². The zero-order valence-corrected chi connectivity index (χ0v) is 18.7. The number of nitrogens with zero attached hydrogens (tertiary/aromatic N) is 1. The van der Waals surface area contributed by atoms with Crippen molar-refractivity contribution < 1.29 is 37.0 Å². The van der Waals surface area contributed by atoms with Crippen LogP contribution in [0.2, 0.25) is 0 Å². The number of pyridine rings is 1. The molecular weight excluding hydrogens is 466 g/mol. The molecule has 1 heterocycles. The highest BCUT2D eigenvalue weighted by Gasteiger charge is 2.43. The number of aliphatic carboxylic acids is 1. The maximum atomic E-state index is 14.8. The Balaban J connectivity index is 1.56. The number of fused-ring (bicyclic) bond motifs is 1. The summed E-state index contributed by atoms with van der Waals surface area (Å²) in [5.74, 6) is -1.73. The van der Waals surface area contributed by atoms with Gasteiger partial charge in [-0.2, -0.15) is 13.2 Å². The number of carboxylic acids is 1. The molecule has 0 unspecified atom stereocenters. The molecule has 184 valence electrons. The van der Waals surface area contributed by atoms with E-state index in [1.165, 1.54) is 6.07 Å². The molecule has 0 spiro atoms. The fourth-order valence-corrected chi connectivity index (χ4v) is 4.40. The molecule has 3 aromatic rings. The largest absolute Gasteiger partial charge is 0.487 e. The van der Waals surface area contributed by atoms with Crippen LogP contribution in [0.1, 0.15) is 60.1 Å². The molecule has 4 rings (SSSR count). The van der Waals surface area contributed by atoms with E-state index in [0.29, 0.717) is 36.6 Å². The number of rotatable bonds is 9. The van der Waals surface area contributed by atoms with Crippen molar-refractivity contribution in [2.75, 3.05) is 0 Å². The highest BCUT2D eigenvalue weighted by atomic mass is 19.4. The average Bonchev–Trinajstić information content (AvgIpc) is 2.79. The summed E-state index contributed by atoms with van der Waals surface area (Å²) in [6.45, 7) is -0.177. The monoisotopic (exact) mass is 489 g/mol. The third-order valence-corrected chi connectivity index (χ3v) is 6.57. The first kappa shape index (κ1) is 24.6. The first-order chi connectivity index (χ1) is 16.6. The molecule has 0 bridgehead atoms. The Morgan fingerprint density at radius 2 is 1.80 bits per heavy atom. The van der Waals surface area contributed by atoms with Crippen LogP contribution in [-0.2, 0) is 17.6 Å². The van der Waals surface area contributed by atoms with Crippen molar-refractivity contribution in [2.45, 2.75) is 51.3 Å². The van der Waals surface area contributed by atoms with Crippen LogP contribution in [0.25, 0.3) is 10.8 Å². The predicted octanol–water partition coefficient (Wildman–Crippen LogP) is 6.58. The van der Waals surface area contributed by atoms with Crippen LogP contribution in [-0.4, -0.2) is 21.8 Å². The minimum absolute atomic E-state index is 0.0130. The normalized spacial score (nSPS) is 15.0. The molecule has 1 aliphatic rings. The Labute approximate surface area is 198 Å². The van der Waals surface area contributed by atoms with Crippen LogP contribution in [0.5, 0.6) is 5.75 Å². The van der Waals surface area contributed by atoms with E-state index < -0.39 is 34.9 Å². The van der Waals surface area contributed by atoms with E-state index in [-0.39, 0.29) is 29.7 Å².